The van der Waals surface area contributed by atoms with Gasteiger partial charge in [0.25, 0.3) is 5.91 Å². The van der Waals surface area contributed by atoms with Gasteiger partial charge in [0.1, 0.15) is 11.2 Å². The first-order valence-electron chi connectivity index (χ1n) is 8.27. The van der Waals surface area contributed by atoms with Crippen LogP contribution in [0.3, 0.4) is 0 Å². The Kier molecular flexibility index (Phi) is 4.54. The molecule has 3 aromatic heterocycles. The fourth-order valence-electron chi connectivity index (χ4n) is 3.22. The number of aryl methyl sites for hydroxylation is 4. The van der Waals surface area contributed by atoms with Gasteiger partial charge in [-0.05, 0) is 6.42 Å². The summed E-state index contributed by atoms with van der Waals surface area (Å²) in [6.07, 6.45) is 3.72. The minimum Gasteiger partial charge on any atom is -0.481 e. The van der Waals surface area contributed by atoms with Gasteiger partial charge in [0.2, 0.25) is 11.3 Å². The fourth-order valence-corrected chi connectivity index (χ4v) is 3.22. The minimum atomic E-state index is -0.440. The third-order valence-corrected chi connectivity index (χ3v) is 4.42. The van der Waals surface area contributed by atoms with E-state index in [4.69, 9.17) is 4.74 Å². The number of carbonyl (C=O) groups excluding carboxylic acids is 1. The van der Waals surface area contributed by atoms with E-state index in [-0.39, 0.29) is 17.5 Å². The maximum Gasteiger partial charge on any atom is 0.257 e. The molecule has 0 aliphatic heterocycles. The Labute approximate surface area is 150 Å². The van der Waals surface area contributed by atoms with Gasteiger partial charge in [0.15, 0.2) is 0 Å². The highest BCUT2D eigenvalue weighted by Crippen LogP contribution is 2.21. The van der Waals surface area contributed by atoms with Gasteiger partial charge < -0.3 is 14.6 Å². The quantitative estimate of drug-likeness (QED) is 0.717. The van der Waals surface area contributed by atoms with Crippen LogP contribution in [0.15, 0.2) is 17.2 Å². The van der Waals surface area contributed by atoms with E-state index in [9.17, 15) is 9.59 Å². The largest absolute Gasteiger partial charge is 0.481 e. The zero-order valence-corrected chi connectivity index (χ0v) is 15.5. The number of hydrogen-bond donors (Lipinski definition) is 1. The van der Waals surface area contributed by atoms with E-state index >= 15 is 0 Å². The molecule has 26 heavy (non-hydrogen) atoms. The van der Waals surface area contributed by atoms with Crippen LogP contribution in [0.25, 0.3) is 11.0 Å². The minimum absolute atomic E-state index is 0.0777. The molecule has 0 radical (unpaired) electrons. The lowest BCUT2D eigenvalue weighted by Gasteiger charge is -2.09. The van der Waals surface area contributed by atoms with E-state index in [0.29, 0.717) is 23.3 Å². The van der Waals surface area contributed by atoms with Gasteiger partial charge in [-0.1, -0.05) is 6.92 Å². The first-order valence-corrected chi connectivity index (χ1v) is 8.27. The lowest BCUT2D eigenvalue weighted by atomic mass is 10.1. The SMILES string of the molecule is CCc1nn(C)c(OC)c1CNC(=O)c1cn(C)c2c(cnn2C)c1=O. The molecule has 3 aromatic rings. The molecule has 0 aliphatic rings. The van der Waals surface area contributed by atoms with Crippen molar-refractivity contribution in [3.05, 3.63) is 39.4 Å². The predicted molar refractivity (Wildman–Crippen MR) is 96.3 cm³/mol. The van der Waals surface area contributed by atoms with Crippen molar-refractivity contribution >= 4 is 16.9 Å². The van der Waals surface area contributed by atoms with E-state index < -0.39 is 5.91 Å². The molecule has 0 aromatic carbocycles. The van der Waals surface area contributed by atoms with Crippen molar-refractivity contribution in [2.45, 2.75) is 19.9 Å². The molecule has 1 amide bonds. The van der Waals surface area contributed by atoms with Crippen LogP contribution in [0.5, 0.6) is 5.88 Å². The van der Waals surface area contributed by atoms with Crippen molar-refractivity contribution in [2.24, 2.45) is 21.1 Å². The number of nitrogens with zero attached hydrogens (tertiary/aromatic N) is 5. The van der Waals surface area contributed by atoms with E-state index in [1.165, 1.54) is 12.4 Å². The summed E-state index contributed by atoms with van der Waals surface area (Å²) in [6.45, 7) is 2.21. The highest BCUT2D eigenvalue weighted by atomic mass is 16.5. The fraction of sp³-hybridized carbons (Fsp3) is 0.412. The van der Waals surface area contributed by atoms with Gasteiger partial charge in [-0.3, -0.25) is 14.3 Å². The summed E-state index contributed by atoms with van der Waals surface area (Å²) in [5.41, 5.74) is 2.06. The van der Waals surface area contributed by atoms with E-state index in [1.807, 2.05) is 6.92 Å². The van der Waals surface area contributed by atoms with Crippen LogP contribution in [0, 0.1) is 0 Å². The zero-order chi connectivity index (χ0) is 19.0. The number of methoxy groups -OCH3 is 1. The number of fused-ring (bicyclic) bond motifs is 1. The van der Waals surface area contributed by atoms with Crippen molar-refractivity contribution in [3.8, 4) is 5.88 Å². The van der Waals surface area contributed by atoms with Gasteiger partial charge in [-0.15, -0.1) is 0 Å². The molecule has 0 unspecified atom stereocenters. The van der Waals surface area contributed by atoms with Crippen LogP contribution in [0.1, 0.15) is 28.5 Å². The molecular weight excluding hydrogens is 336 g/mol. The summed E-state index contributed by atoms with van der Waals surface area (Å²) in [6, 6.07) is 0. The van der Waals surface area contributed by atoms with Crippen molar-refractivity contribution < 1.29 is 9.53 Å². The molecule has 0 aliphatic carbocycles. The number of hydrogen-bond acceptors (Lipinski definition) is 5. The molecule has 3 rings (SSSR count). The van der Waals surface area contributed by atoms with Crippen LogP contribution in [0.4, 0.5) is 0 Å². The Morgan fingerprint density at radius 2 is 2.00 bits per heavy atom. The molecule has 3 heterocycles. The summed E-state index contributed by atoms with van der Waals surface area (Å²) < 4.78 is 10.3. The average Bonchev–Trinajstić information content (AvgIpc) is 3.15. The Balaban J connectivity index is 1.92. The summed E-state index contributed by atoms with van der Waals surface area (Å²) in [4.78, 5) is 25.3. The van der Waals surface area contributed by atoms with Crippen molar-refractivity contribution in [1.29, 1.82) is 0 Å². The van der Waals surface area contributed by atoms with Crippen LogP contribution < -0.4 is 15.5 Å². The number of pyridine rings is 1. The molecule has 0 saturated heterocycles. The number of amides is 1. The summed E-state index contributed by atoms with van der Waals surface area (Å²) in [5.74, 6) is 0.155. The molecule has 0 saturated carbocycles. The Bertz CT molecular complexity index is 1040. The lowest BCUT2D eigenvalue weighted by molar-refractivity contribution is 0.0949. The maximum atomic E-state index is 12.6. The second-order valence-corrected chi connectivity index (χ2v) is 6.08. The number of rotatable bonds is 5. The summed E-state index contributed by atoms with van der Waals surface area (Å²) in [5, 5.41) is 11.7. The highest BCUT2D eigenvalue weighted by molar-refractivity contribution is 5.96. The topological polar surface area (TPSA) is 96.0 Å². The number of carbonyl (C=O) groups is 1. The van der Waals surface area contributed by atoms with E-state index in [1.54, 1.807) is 42.2 Å². The van der Waals surface area contributed by atoms with Crippen LogP contribution in [-0.2, 0) is 34.1 Å². The second kappa shape index (κ2) is 6.66. The summed E-state index contributed by atoms with van der Waals surface area (Å²) in [7, 11) is 6.88. The second-order valence-electron chi connectivity index (χ2n) is 6.08. The van der Waals surface area contributed by atoms with E-state index in [0.717, 1.165) is 11.3 Å². The standard InChI is InChI=1S/C17H22N6O3/c1-6-13-10(17(26-5)23(4)20-13)7-18-15(25)12-9-21(2)16-11(14(12)24)8-19-22(16)3/h8-9H,6-7H2,1-5H3,(H,18,25). The molecule has 9 nitrogen and oxygen atoms in total. The van der Waals surface area contributed by atoms with Crippen LogP contribution >= 0.6 is 0 Å². The first-order chi connectivity index (χ1) is 12.4. The molecule has 0 fully saturated rings. The average molecular weight is 358 g/mol. The van der Waals surface area contributed by atoms with Gasteiger partial charge >= 0.3 is 0 Å². The molecule has 0 spiro atoms. The number of nitrogens with one attached hydrogen (secondary N) is 1. The third kappa shape index (κ3) is 2.75. The van der Waals surface area contributed by atoms with Gasteiger partial charge in [0.05, 0.1) is 36.5 Å². The molecule has 138 valence electrons. The number of aromatic nitrogens is 5. The Hall–Kier alpha value is -3.10. The molecule has 9 heteroatoms. The van der Waals surface area contributed by atoms with E-state index in [2.05, 4.69) is 15.5 Å². The molecular formula is C17H22N6O3. The van der Waals surface area contributed by atoms with Crippen LogP contribution in [-0.4, -0.2) is 37.1 Å². The summed E-state index contributed by atoms with van der Waals surface area (Å²) >= 11 is 0. The lowest BCUT2D eigenvalue weighted by Crippen LogP contribution is -2.29. The first kappa shape index (κ1) is 17.7. The highest BCUT2D eigenvalue weighted by Gasteiger charge is 2.20. The van der Waals surface area contributed by atoms with Crippen molar-refractivity contribution in [3.63, 3.8) is 0 Å². The van der Waals surface area contributed by atoms with Gasteiger partial charge in [-0.2, -0.15) is 10.2 Å². The van der Waals surface area contributed by atoms with Crippen LogP contribution in [0.2, 0.25) is 0 Å². The number of ether oxygens (including phenoxy) is 1. The smallest absolute Gasteiger partial charge is 0.257 e. The van der Waals surface area contributed by atoms with Crippen molar-refractivity contribution in [2.75, 3.05) is 7.11 Å². The molecule has 1 N–H and O–H groups in total. The zero-order valence-electron chi connectivity index (χ0n) is 15.5. The monoisotopic (exact) mass is 358 g/mol. The molecule has 0 atom stereocenters. The normalized spacial score (nSPS) is 11.1. The van der Waals surface area contributed by atoms with Gasteiger partial charge in [0, 0.05) is 27.3 Å². The Morgan fingerprint density at radius 1 is 1.27 bits per heavy atom. The maximum absolute atomic E-state index is 12.6. The Morgan fingerprint density at radius 3 is 2.65 bits per heavy atom. The third-order valence-electron chi connectivity index (χ3n) is 4.42. The molecule has 0 bridgehead atoms. The van der Waals surface area contributed by atoms with Gasteiger partial charge in [-0.25, -0.2) is 4.68 Å². The predicted octanol–water partition coefficient (Wildman–Crippen LogP) is 0.506. The van der Waals surface area contributed by atoms with Crippen molar-refractivity contribution in [1.82, 2.24) is 29.4 Å².